The van der Waals surface area contributed by atoms with Crippen LogP contribution in [0.15, 0.2) is 41.3 Å². The van der Waals surface area contributed by atoms with Gasteiger partial charge in [0.2, 0.25) is 0 Å². The third-order valence-electron chi connectivity index (χ3n) is 4.96. The molecule has 0 unspecified atom stereocenters. The molecule has 1 atom stereocenters. The lowest BCUT2D eigenvalue weighted by atomic mass is 10.1. The number of anilines is 1. The van der Waals surface area contributed by atoms with Crippen molar-refractivity contribution < 1.29 is 24.6 Å². The van der Waals surface area contributed by atoms with Gasteiger partial charge in [-0.2, -0.15) is 0 Å². The summed E-state index contributed by atoms with van der Waals surface area (Å²) in [6.45, 7) is 2.16. The fraction of sp³-hybridized carbons (Fsp3) is 0.273. The number of carboxylic acids is 2. The van der Waals surface area contributed by atoms with Crippen LogP contribution in [0, 0.1) is 6.92 Å². The molecule has 11 nitrogen and oxygen atoms in total. The summed E-state index contributed by atoms with van der Waals surface area (Å²) in [5.74, 6) is -2.02. The molecule has 33 heavy (non-hydrogen) atoms. The molecule has 3 rings (SSSR count). The van der Waals surface area contributed by atoms with Gasteiger partial charge in [0.1, 0.15) is 17.7 Å². The van der Waals surface area contributed by atoms with Crippen molar-refractivity contribution in [2.75, 3.05) is 11.9 Å². The lowest BCUT2D eigenvalue weighted by Crippen LogP contribution is -2.41. The molecule has 3 aromatic rings. The van der Waals surface area contributed by atoms with Crippen LogP contribution >= 0.6 is 0 Å². The number of hydrogen-bond donors (Lipinski definition) is 4. The zero-order valence-corrected chi connectivity index (χ0v) is 18.0. The largest absolute Gasteiger partial charge is 0.481 e. The molecule has 2 heterocycles. The van der Waals surface area contributed by atoms with E-state index in [-0.39, 0.29) is 24.0 Å². The van der Waals surface area contributed by atoms with Crippen LogP contribution in [0.1, 0.15) is 34.6 Å². The number of carboxylic acid groups (broad SMARTS) is 2. The summed E-state index contributed by atoms with van der Waals surface area (Å²) < 4.78 is 0. The molecule has 4 N–H and O–H groups in total. The molecule has 0 aliphatic heterocycles. The predicted octanol–water partition coefficient (Wildman–Crippen LogP) is 1.31. The molecule has 0 fully saturated rings. The number of amides is 1. The quantitative estimate of drug-likeness (QED) is 0.374. The van der Waals surface area contributed by atoms with Crippen molar-refractivity contribution in [3.63, 3.8) is 0 Å². The fourth-order valence-electron chi connectivity index (χ4n) is 3.27. The Morgan fingerprint density at radius 3 is 2.58 bits per heavy atom. The predicted molar refractivity (Wildman–Crippen MR) is 119 cm³/mol. The summed E-state index contributed by atoms with van der Waals surface area (Å²) in [6.07, 6.45) is 0.707. The average molecular weight is 453 g/mol. The van der Waals surface area contributed by atoms with Gasteiger partial charge in [0.15, 0.2) is 0 Å². The number of fused-ring (bicyclic) bond motifs is 1. The molecule has 1 amide bonds. The van der Waals surface area contributed by atoms with Gasteiger partial charge in [-0.3, -0.25) is 14.4 Å². The van der Waals surface area contributed by atoms with E-state index < -0.39 is 23.9 Å². The Kier molecular flexibility index (Phi) is 7.01. The number of carbonyl (C=O) groups excluding carboxylic acids is 1. The zero-order chi connectivity index (χ0) is 24.1. The number of aryl methyl sites for hydroxylation is 1. The smallest absolute Gasteiger partial charge is 0.326 e. The number of H-pyrrole nitrogens is 1. The molecule has 172 valence electrons. The van der Waals surface area contributed by atoms with Crippen molar-refractivity contribution in [1.82, 2.24) is 20.3 Å². The Morgan fingerprint density at radius 2 is 1.94 bits per heavy atom. The van der Waals surface area contributed by atoms with Crippen LogP contribution in [0.5, 0.6) is 0 Å². The highest BCUT2D eigenvalue weighted by atomic mass is 16.4. The monoisotopic (exact) mass is 453 g/mol. The molecule has 2 aromatic heterocycles. The van der Waals surface area contributed by atoms with Crippen molar-refractivity contribution in [3.05, 3.63) is 63.8 Å². The Hall–Kier alpha value is -4.28. The van der Waals surface area contributed by atoms with Crippen LogP contribution in [0.2, 0.25) is 0 Å². The van der Waals surface area contributed by atoms with Gasteiger partial charge in [0, 0.05) is 26.2 Å². The van der Waals surface area contributed by atoms with Crippen molar-refractivity contribution in [3.8, 4) is 0 Å². The SMILES string of the molecule is Cc1nc2ccc(CN(C)c3ccc(C(=O)N[C@@H](CCC(=O)O)C(=O)O)cn3)cc2c(=O)[nH]1. The fourth-order valence-corrected chi connectivity index (χ4v) is 3.27. The number of aliphatic carboxylic acids is 2. The molecular weight excluding hydrogens is 430 g/mol. The normalized spacial score (nSPS) is 11.7. The number of carbonyl (C=O) groups is 3. The van der Waals surface area contributed by atoms with Crippen LogP contribution in [0.3, 0.4) is 0 Å². The molecule has 0 aliphatic carbocycles. The Morgan fingerprint density at radius 1 is 1.18 bits per heavy atom. The first-order chi connectivity index (χ1) is 15.6. The van der Waals surface area contributed by atoms with E-state index in [0.29, 0.717) is 29.1 Å². The summed E-state index contributed by atoms with van der Waals surface area (Å²) >= 11 is 0. The molecule has 0 aliphatic rings. The van der Waals surface area contributed by atoms with E-state index in [9.17, 15) is 24.3 Å². The highest BCUT2D eigenvalue weighted by Gasteiger charge is 2.22. The molecule has 1 aromatic carbocycles. The molecule has 0 bridgehead atoms. The van der Waals surface area contributed by atoms with Crippen molar-refractivity contribution in [2.45, 2.75) is 32.4 Å². The van der Waals surface area contributed by atoms with E-state index in [2.05, 4.69) is 20.3 Å². The highest BCUT2D eigenvalue weighted by Crippen LogP contribution is 2.16. The second-order valence-corrected chi connectivity index (χ2v) is 7.56. The van der Waals surface area contributed by atoms with Crippen LogP contribution < -0.4 is 15.8 Å². The number of nitrogens with zero attached hydrogens (tertiary/aromatic N) is 3. The Bertz CT molecular complexity index is 1250. The minimum Gasteiger partial charge on any atom is -0.481 e. The lowest BCUT2D eigenvalue weighted by Gasteiger charge is -2.19. The minimum absolute atomic E-state index is 0.146. The third-order valence-corrected chi connectivity index (χ3v) is 4.96. The van der Waals surface area contributed by atoms with Crippen LogP contribution in [-0.4, -0.2) is 56.1 Å². The maximum absolute atomic E-state index is 12.3. The van der Waals surface area contributed by atoms with Gasteiger partial charge in [0.05, 0.1) is 16.5 Å². The van der Waals surface area contributed by atoms with E-state index in [1.54, 1.807) is 32.2 Å². The molecule has 0 radical (unpaired) electrons. The molecular formula is C22H23N5O6. The van der Waals surface area contributed by atoms with Gasteiger partial charge in [0.25, 0.3) is 11.5 Å². The van der Waals surface area contributed by atoms with Crippen LogP contribution in [0.25, 0.3) is 10.9 Å². The molecule has 0 saturated carbocycles. The minimum atomic E-state index is -1.31. The number of pyridine rings is 1. The number of nitrogens with one attached hydrogen (secondary N) is 2. The first-order valence-electron chi connectivity index (χ1n) is 10.1. The van der Waals surface area contributed by atoms with E-state index >= 15 is 0 Å². The maximum Gasteiger partial charge on any atom is 0.326 e. The second kappa shape index (κ2) is 9.90. The van der Waals surface area contributed by atoms with Crippen molar-refractivity contribution >= 4 is 34.6 Å². The van der Waals surface area contributed by atoms with E-state index in [0.717, 1.165) is 5.56 Å². The summed E-state index contributed by atoms with van der Waals surface area (Å²) in [6, 6.07) is 7.22. The standard InChI is InChI=1S/C22H23N5O6/c1-12-24-16-5-3-13(9-15(16)21(31)25-12)11-27(2)18-7-4-14(10-23-18)20(30)26-17(22(32)33)6-8-19(28)29/h3-5,7,9-10,17H,6,8,11H2,1-2H3,(H,26,30)(H,28,29)(H,32,33)(H,24,25,31)/t17-/m0/s1. The number of hydrogen-bond acceptors (Lipinski definition) is 7. The Balaban J connectivity index is 1.68. The van der Waals surface area contributed by atoms with Crippen molar-refractivity contribution in [1.29, 1.82) is 0 Å². The Labute approximate surface area is 188 Å². The van der Waals surface area contributed by atoms with E-state index in [1.807, 2.05) is 11.0 Å². The molecule has 0 spiro atoms. The van der Waals surface area contributed by atoms with Gasteiger partial charge < -0.3 is 25.4 Å². The number of aromatic amines is 1. The zero-order valence-electron chi connectivity index (χ0n) is 18.0. The van der Waals surface area contributed by atoms with E-state index in [1.165, 1.54) is 12.3 Å². The second-order valence-electron chi connectivity index (χ2n) is 7.56. The topological polar surface area (TPSA) is 166 Å². The summed E-state index contributed by atoms with van der Waals surface area (Å²) in [5.41, 5.74) is 1.41. The molecule has 11 heteroatoms. The van der Waals surface area contributed by atoms with Crippen LogP contribution in [0.4, 0.5) is 5.82 Å². The third kappa shape index (κ3) is 5.91. The number of rotatable bonds is 9. The van der Waals surface area contributed by atoms with Gasteiger partial charge >= 0.3 is 11.9 Å². The summed E-state index contributed by atoms with van der Waals surface area (Å²) in [7, 11) is 1.80. The first-order valence-corrected chi connectivity index (χ1v) is 10.1. The van der Waals surface area contributed by atoms with E-state index in [4.69, 9.17) is 5.11 Å². The van der Waals surface area contributed by atoms with Gasteiger partial charge in [-0.25, -0.2) is 14.8 Å². The van der Waals surface area contributed by atoms with Crippen molar-refractivity contribution in [2.24, 2.45) is 0 Å². The summed E-state index contributed by atoms with van der Waals surface area (Å²) in [5, 5.41) is 20.7. The van der Waals surface area contributed by atoms with Gasteiger partial charge in [-0.15, -0.1) is 0 Å². The van der Waals surface area contributed by atoms with Gasteiger partial charge in [-0.05, 0) is 43.2 Å². The lowest BCUT2D eigenvalue weighted by molar-refractivity contribution is -0.140. The number of aromatic nitrogens is 3. The van der Waals surface area contributed by atoms with Gasteiger partial charge in [-0.1, -0.05) is 6.07 Å². The highest BCUT2D eigenvalue weighted by molar-refractivity contribution is 5.96. The first kappa shape index (κ1) is 23.4. The average Bonchev–Trinajstić information content (AvgIpc) is 2.76. The molecule has 0 saturated heterocycles. The maximum atomic E-state index is 12.3. The number of benzene rings is 1. The van der Waals surface area contributed by atoms with Crippen LogP contribution in [-0.2, 0) is 16.1 Å². The summed E-state index contributed by atoms with van der Waals surface area (Å²) in [4.78, 5) is 59.5.